The lowest BCUT2D eigenvalue weighted by atomic mass is 9.81. The van der Waals surface area contributed by atoms with Crippen molar-refractivity contribution in [3.8, 4) is 0 Å². The Hall–Kier alpha value is -1.39. The molecular weight excluding hydrogens is 292 g/mol. The molecule has 2 fully saturated rings. The molecule has 1 aliphatic heterocycles. The van der Waals surface area contributed by atoms with Gasteiger partial charge in [-0.1, -0.05) is 26.7 Å². The van der Waals surface area contributed by atoms with Crippen molar-refractivity contribution in [2.45, 2.75) is 71.8 Å². The average molecular weight is 322 g/mol. The maximum Gasteiger partial charge on any atom is 0.233 e. The van der Waals surface area contributed by atoms with Crippen molar-refractivity contribution in [1.82, 2.24) is 10.2 Å². The monoisotopic (exact) mass is 322 g/mol. The van der Waals surface area contributed by atoms with Gasteiger partial charge in [-0.05, 0) is 38.5 Å². The second kappa shape index (κ2) is 7.93. The van der Waals surface area contributed by atoms with Crippen LogP contribution in [0.25, 0.3) is 0 Å². The van der Waals surface area contributed by atoms with Crippen molar-refractivity contribution in [1.29, 1.82) is 0 Å². The van der Waals surface area contributed by atoms with Gasteiger partial charge in [0, 0.05) is 19.0 Å². The van der Waals surface area contributed by atoms with E-state index in [1.807, 2.05) is 6.92 Å². The fourth-order valence-electron chi connectivity index (χ4n) is 3.67. The Labute approximate surface area is 139 Å². The molecule has 1 heterocycles. The van der Waals surface area contributed by atoms with Crippen LogP contribution in [0.1, 0.15) is 65.7 Å². The maximum absolute atomic E-state index is 12.3. The molecule has 2 rings (SSSR count). The highest BCUT2D eigenvalue weighted by atomic mass is 16.2. The Morgan fingerprint density at radius 2 is 1.65 bits per heavy atom. The van der Waals surface area contributed by atoms with Crippen LogP contribution < -0.4 is 5.32 Å². The number of nitrogens with zero attached hydrogens (tertiary/aromatic N) is 1. The van der Waals surface area contributed by atoms with Gasteiger partial charge in [0.15, 0.2) is 0 Å². The van der Waals surface area contributed by atoms with Crippen LogP contribution in [0.4, 0.5) is 0 Å². The SMILES string of the molecule is CC(C)CCC(C)NC(=O)CCN1C(=O)C2CCCCC2C1=O. The Morgan fingerprint density at radius 1 is 1.09 bits per heavy atom. The van der Waals surface area contributed by atoms with Crippen LogP contribution in [0.3, 0.4) is 0 Å². The number of carbonyl (C=O) groups is 3. The van der Waals surface area contributed by atoms with Gasteiger partial charge in [0.05, 0.1) is 11.8 Å². The lowest BCUT2D eigenvalue weighted by molar-refractivity contribution is -0.140. The number of nitrogens with one attached hydrogen (secondary N) is 1. The summed E-state index contributed by atoms with van der Waals surface area (Å²) in [5.41, 5.74) is 0. The smallest absolute Gasteiger partial charge is 0.233 e. The third kappa shape index (κ3) is 4.55. The normalized spacial score (nSPS) is 25.7. The minimum Gasteiger partial charge on any atom is -0.354 e. The minimum absolute atomic E-state index is 0.0552. The molecule has 0 spiro atoms. The largest absolute Gasteiger partial charge is 0.354 e. The van der Waals surface area contributed by atoms with Gasteiger partial charge in [-0.15, -0.1) is 0 Å². The van der Waals surface area contributed by atoms with Gasteiger partial charge in [0.25, 0.3) is 0 Å². The lowest BCUT2D eigenvalue weighted by Crippen LogP contribution is -2.38. The van der Waals surface area contributed by atoms with Crippen molar-refractivity contribution in [2.24, 2.45) is 17.8 Å². The van der Waals surface area contributed by atoms with Gasteiger partial charge in [-0.2, -0.15) is 0 Å². The zero-order valence-electron chi connectivity index (χ0n) is 14.6. The highest BCUT2D eigenvalue weighted by Gasteiger charge is 2.47. The van der Waals surface area contributed by atoms with Crippen LogP contribution in [-0.4, -0.2) is 35.2 Å². The third-order valence-electron chi connectivity index (χ3n) is 5.08. The van der Waals surface area contributed by atoms with Crippen molar-refractivity contribution in [3.05, 3.63) is 0 Å². The van der Waals surface area contributed by atoms with E-state index < -0.39 is 0 Å². The molecule has 0 radical (unpaired) electrons. The van der Waals surface area contributed by atoms with Gasteiger partial charge >= 0.3 is 0 Å². The molecule has 1 N–H and O–H groups in total. The summed E-state index contributed by atoms with van der Waals surface area (Å²) in [4.78, 5) is 38.0. The van der Waals surface area contributed by atoms with E-state index in [1.54, 1.807) is 0 Å². The van der Waals surface area contributed by atoms with E-state index in [9.17, 15) is 14.4 Å². The van der Waals surface area contributed by atoms with Crippen molar-refractivity contribution < 1.29 is 14.4 Å². The molecule has 0 aromatic carbocycles. The van der Waals surface area contributed by atoms with E-state index in [1.165, 1.54) is 4.90 Å². The molecule has 0 bridgehead atoms. The standard InChI is InChI=1S/C18H30N2O3/c1-12(2)8-9-13(3)19-16(21)10-11-20-17(22)14-6-4-5-7-15(14)18(20)23/h12-15H,4-11H2,1-3H3,(H,19,21). The van der Waals surface area contributed by atoms with Gasteiger partial charge in [0.1, 0.15) is 0 Å². The highest BCUT2D eigenvalue weighted by molar-refractivity contribution is 6.05. The van der Waals surface area contributed by atoms with Crippen LogP contribution in [0.2, 0.25) is 0 Å². The first-order chi connectivity index (χ1) is 10.9. The molecule has 1 saturated heterocycles. The molecule has 3 atom stereocenters. The predicted octanol–water partition coefficient (Wildman–Crippen LogP) is 2.49. The average Bonchev–Trinajstić information content (AvgIpc) is 2.75. The number of imide groups is 1. The number of amides is 3. The Balaban J connectivity index is 1.77. The first-order valence-electron chi connectivity index (χ1n) is 9.04. The van der Waals surface area contributed by atoms with Crippen molar-refractivity contribution in [3.63, 3.8) is 0 Å². The fourth-order valence-corrected chi connectivity index (χ4v) is 3.67. The van der Waals surface area contributed by atoms with Crippen molar-refractivity contribution in [2.75, 3.05) is 6.54 Å². The summed E-state index contributed by atoms with van der Waals surface area (Å²) in [6, 6.07) is 0.137. The van der Waals surface area contributed by atoms with Crippen LogP contribution in [0.5, 0.6) is 0 Å². The van der Waals surface area contributed by atoms with Gasteiger partial charge in [-0.3, -0.25) is 19.3 Å². The first kappa shape index (κ1) is 18.0. The van der Waals surface area contributed by atoms with E-state index >= 15 is 0 Å². The van der Waals surface area contributed by atoms with E-state index in [0.29, 0.717) is 5.92 Å². The van der Waals surface area contributed by atoms with Crippen LogP contribution in [-0.2, 0) is 14.4 Å². The summed E-state index contributed by atoms with van der Waals surface area (Å²) >= 11 is 0. The van der Waals surface area contributed by atoms with E-state index in [4.69, 9.17) is 0 Å². The van der Waals surface area contributed by atoms with Gasteiger partial charge < -0.3 is 5.32 Å². The number of hydrogen-bond acceptors (Lipinski definition) is 3. The summed E-state index contributed by atoms with van der Waals surface area (Å²) in [5.74, 6) is 0.198. The quantitative estimate of drug-likeness (QED) is 0.732. The van der Waals surface area contributed by atoms with Crippen molar-refractivity contribution >= 4 is 17.7 Å². The molecule has 0 aromatic heterocycles. The fraction of sp³-hybridized carbons (Fsp3) is 0.833. The highest BCUT2D eigenvalue weighted by Crippen LogP contribution is 2.37. The van der Waals surface area contributed by atoms with Crippen LogP contribution >= 0.6 is 0 Å². The molecule has 1 saturated carbocycles. The Bertz CT molecular complexity index is 437. The number of carbonyl (C=O) groups excluding carboxylic acids is 3. The molecule has 5 heteroatoms. The molecule has 2 aliphatic rings. The number of likely N-dealkylation sites (tertiary alicyclic amines) is 1. The van der Waals surface area contributed by atoms with Crippen LogP contribution in [0.15, 0.2) is 0 Å². The summed E-state index contributed by atoms with van der Waals surface area (Å²) in [6.45, 7) is 6.56. The molecule has 3 amide bonds. The Morgan fingerprint density at radius 3 is 2.17 bits per heavy atom. The summed E-state index contributed by atoms with van der Waals surface area (Å²) in [7, 11) is 0. The second-order valence-electron chi connectivity index (χ2n) is 7.52. The van der Waals surface area contributed by atoms with Gasteiger partial charge in [0.2, 0.25) is 17.7 Å². The molecule has 23 heavy (non-hydrogen) atoms. The van der Waals surface area contributed by atoms with Crippen LogP contribution in [0, 0.1) is 17.8 Å². The molecule has 5 nitrogen and oxygen atoms in total. The topological polar surface area (TPSA) is 66.5 Å². The second-order valence-corrected chi connectivity index (χ2v) is 7.52. The van der Waals surface area contributed by atoms with E-state index in [-0.39, 0.29) is 48.6 Å². The zero-order valence-corrected chi connectivity index (χ0v) is 14.6. The lowest BCUT2D eigenvalue weighted by Gasteiger charge is -2.19. The maximum atomic E-state index is 12.3. The predicted molar refractivity (Wildman–Crippen MR) is 88.5 cm³/mol. The van der Waals surface area contributed by atoms with Gasteiger partial charge in [-0.25, -0.2) is 0 Å². The molecule has 3 unspecified atom stereocenters. The Kier molecular flexibility index (Phi) is 6.19. The zero-order chi connectivity index (χ0) is 17.0. The number of rotatable bonds is 7. The molecular formula is C18H30N2O3. The molecule has 0 aromatic rings. The minimum atomic E-state index is -0.121. The summed E-state index contributed by atoms with van der Waals surface area (Å²) < 4.78 is 0. The third-order valence-corrected chi connectivity index (χ3v) is 5.08. The summed E-state index contributed by atoms with van der Waals surface area (Å²) in [5, 5.41) is 2.96. The van der Waals surface area contributed by atoms with E-state index in [0.717, 1.165) is 38.5 Å². The number of hydrogen-bond donors (Lipinski definition) is 1. The number of fused-ring (bicyclic) bond motifs is 1. The molecule has 1 aliphatic carbocycles. The van der Waals surface area contributed by atoms with E-state index in [2.05, 4.69) is 19.2 Å². The molecule has 130 valence electrons. The summed E-state index contributed by atoms with van der Waals surface area (Å²) in [6.07, 6.45) is 5.95. The first-order valence-corrected chi connectivity index (χ1v) is 9.04.